The first kappa shape index (κ1) is 22.9. The van der Waals surface area contributed by atoms with Crippen molar-refractivity contribution in [3.05, 3.63) is 71.0 Å². The summed E-state index contributed by atoms with van der Waals surface area (Å²) in [6, 6.07) is 14.1. The lowest BCUT2D eigenvalue weighted by Crippen LogP contribution is -2.41. The van der Waals surface area contributed by atoms with E-state index in [-0.39, 0.29) is 35.7 Å². The lowest BCUT2D eigenvalue weighted by Gasteiger charge is -2.12. The fourth-order valence-electron chi connectivity index (χ4n) is 2.37. The second-order valence-electron chi connectivity index (χ2n) is 5.83. The molecule has 0 aliphatic rings. The van der Waals surface area contributed by atoms with E-state index in [1.807, 2.05) is 25.1 Å². The van der Waals surface area contributed by atoms with Crippen molar-refractivity contribution in [2.75, 3.05) is 19.6 Å². The van der Waals surface area contributed by atoms with Gasteiger partial charge < -0.3 is 16.0 Å². The lowest BCUT2D eigenvalue weighted by atomic mass is 10.1. The van der Waals surface area contributed by atoms with E-state index in [0.717, 1.165) is 12.1 Å². The Kier molecular flexibility index (Phi) is 10.4. The zero-order chi connectivity index (χ0) is 18.8. The van der Waals surface area contributed by atoms with E-state index in [2.05, 4.69) is 20.9 Å². The van der Waals surface area contributed by atoms with Crippen molar-refractivity contribution in [3.63, 3.8) is 0 Å². The van der Waals surface area contributed by atoms with Crippen molar-refractivity contribution in [2.45, 2.75) is 20.4 Å². The van der Waals surface area contributed by atoms with Gasteiger partial charge in [-0.15, -0.1) is 24.0 Å². The average Bonchev–Trinajstić information content (AvgIpc) is 2.66. The van der Waals surface area contributed by atoms with Crippen LogP contribution in [-0.4, -0.2) is 31.5 Å². The topological polar surface area (TPSA) is 65.5 Å². The van der Waals surface area contributed by atoms with Crippen LogP contribution in [0.4, 0.5) is 4.39 Å². The van der Waals surface area contributed by atoms with Gasteiger partial charge in [-0.1, -0.05) is 30.3 Å². The number of carbonyl (C=O) groups excluding carboxylic acids is 1. The van der Waals surface area contributed by atoms with Crippen LogP contribution in [0.2, 0.25) is 0 Å². The van der Waals surface area contributed by atoms with E-state index in [1.54, 1.807) is 31.2 Å². The average molecular weight is 484 g/mol. The van der Waals surface area contributed by atoms with E-state index >= 15 is 0 Å². The Morgan fingerprint density at radius 3 is 2.41 bits per heavy atom. The summed E-state index contributed by atoms with van der Waals surface area (Å²) in [5.74, 6) is 0.344. The number of rotatable bonds is 7. The normalized spacial score (nSPS) is 10.7. The van der Waals surface area contributed by atoms with Gasteiger partial charge in [-0.05, 0) is 43.2 Å². The number of aryl methyl sites for hydroxylation is 1. The molecule has 0 aromatic heterocycles. The highest BCUT2D eigenvalue weighted by atomic mass is 127. The van der Waals surface area contributed by atoms with Crippen molar-refractivity contribution in [1.29, 1.82) is 0 Å². The maximum absolute atomic E-state index is 13.3. The Bertz CT molecular complexity index is 753. The number of benzene rings is 2. The van der Waals surface area contributed by atoms with Crippen LogP contribution >= 0.6 is 24.0 Å². The minimum Gasteiger partial charge on any atom is -0.357 e. The first-order chi connectivity index (χ1) is 12.6. The molecule has 0 aliphatic carbocycles. The van der Waals surface area contributed by atoms with Crippen LogP contribution in [-0.2, 0) is 6.54 Å². The molecule has 27 heavy (non-hydrogen) atoms. The predicted molar refractivity (Wildman–Crippen MR) is 118 cm³/mol. The van der Waals surface area contributed by atoms with Gasteiger partial charge in [0, 0.05) is 25.2 Å². The number of guanidine groups is 1. The molecule has 2 aromatic rings. The number of hydrogen-bond acceptors (Lipinski definition) is 2. The summed E-state index contributed by atoms with van der Waals surface area (Å²) in [5, 5.41) is 9.18. The van der Waals surface area contributed by atoms with Crippen molar-refractivity contribution in [3.8, 4) is 0 Å². The molecule has 0 atom stereocenters. The first-order valence-corrected chi connectivity index (χ1v) is 8.70. The third-order valence-electron chi connectivity index (χ3n) is 3.73. The highest BCUT2D eigenvalue weighted by molar-refractivity contribution is 14.0. The monoisotopic (exact) mass is 484 g/mol. The van der Waals surface area contributed by atoms with Gasteiger partial charge in [0.15, 0.2) is 5.96 Å². The van der Waals surface area contributed by atoms with Crippen LogP contribution < -0.4 is 16.0 Å². The molecule has 1 amide bonds. The second kappa shape index (κ2) is 12.3. The van der Waals surface area contributed by atoms with Gasteiger partial charge in [-0.3, -0.25) is 4.79 Å². The highest BCUT2D eigenvalue weighted by Crippen LogP contribution is 2.09. The number of halogens is 2. The molecule has 0 radical (unpaired) electrons. The van der Waals surface area contributed by atoms with Crippen LogP contribution in [0, 0.1) is 12.7 Å². The van der Waals surface area contributed by atoms with Crippen molar-refractivity contribution in [2.24, 2.45) is 4.99 Å². The van der Waals surface area contributed by atoms with Gasteiger partial charge in [0.1, 0.15) is 5.82 Å². The Hall–Kier alpha value is -2.16. The van der Waals surface area contributed by atoms with Gasteiger partial charge >= 0.3 is 0 Å². The molecule has 2 rings (SSSR count). The molecule has 3 N–H and O–H groups in total. The fourth-order valence-corrected chi connectivity index (χ4v) is 2.37. The maximum Gasteiger partial charge on any atom is 0.251 e. The van der Waals surface area contributed by atoms with Crippen LogP contribution in [0.5, 0.6) is 0 Å². The minimum absolute atomic E-state index is 0. The quantitative estimate of drug-likeness (QED) is 0.245. The molecule has 5 nitrogen and oxygen atoms in total. The van der Waals surface area contributed by atoms with Gasteiger partial charge in [0.05, 0.1) is 6.54 Å². The number of hydrogen-bond donors (Lipinski definition) is 3. The Labute approximate surface area is 176 Å². The molecule has 0 bridgehead atoms. The molecular weight excluding hydrogens is 458 g/mol. The smallest absolute Gasteiger partial charge is 0.251 e. The molecular formula is C20H26FIN4O. The Morgan fingerprint density at radius 1 is 1.04 bits per heavy atom. The second-order valence-corrected chi connectivity index (χ2v) is 5.83. The Balaban J connectivity index is 0.00000364. The summed E-state index contributed by atoms with van der Waals surface area (Å²) in [7, 11) is 0. The highest BCUT2D eigenvalue weighted by Gasteiger charge is 2.04. The zero-order valence-electron chi connectivity index (χ0n) is 15.6. The summed E-state index contributed by atoms with van der Waals surface area (Å²) in [5.41, 5.74) is 2.19. The van der Waals surface area contributed by atoms with E-state index in [1.165, 1.54) is 6.07 Å². The van der Waals surface area contributed by atoms with Crippen molar-refractivity contribution in [1.82, 2.24) is 16.0 Å². The largest absolute Gasteiger partial charge is 0.357 e. The van der Waals surface area contributed by atoms with E-state index < -0.39 is 0 Å². The zero-order valence-corrected chi connectivity index (χ0v) is 17.9. The molecule has 0 saturated heterocycles. The van der Waals surface area contributed by atoms with Gasteiger partial charge in [-0.25, -0.2) is 9.38 Å². The maximum atomic E-state index is 13.3. The van der Waals surface area contributed by atoms with Gasteiger partial charge in [-0.2, -0.15) is 0 Å². The molecule has 0 saturated carbocycles. The predicted octanol–water partition coefficient (Wildman–Crippen LogP) is 3.24. The molecule has 0 fully saturated rings. The lowest BCUT2D eigenvalue weighted by molar-refractivity contribution is 0.0954. The third-order valence-corrected chi connectivity index (χ3v) is 3.73. The van der Waals surface area contributed by atoms with Gasteiger partial charge in [0.2, 0.25) is 0 Å². The third kappa shape index (κ3) is 7.94. The molecule has 0 heterocycles. The molecule has 146 valence electrons. The summed E-state index contributed by atoms with van der Waals surface area (Å²) in [6.07, 6.45) is 0. The minimum atomic E-state index is -0.211. The van der Waals surface area contributed by atoms with Crippen LogP contribution in [0.1, 0.15) is 28.4 Å². The molecule has 0 spiro atoms. The SMILES string of the molecule is CCNC(=NCc1ccc(F)c(C)c1)NCCNC(=O)c1ccccc1.I. The number of nitrogens with one attached hydrogen (secondary N) is 3. The van der Waals surface area contributed by atoms with E-state index in [9.17, 15) is 9.18 Å². The summed E-state index contributed by atoms with van der Waals surface area (Å²) in [6.45, 7) is 5.93. The van der Waals surface area contributed by atoms with E-state index in [0.29, 0.717) is 36.7 Å². The Morgan fingerprint density at radius 2 is 1.74 bits per heavy atom. The van der Waals surface area contributed by atoms with Crippen molar-refractivity contribution >= 4 is 35.8 Å². The number of nitrogens with zero attached hydrogens (tertiary/aromatic N) is 1. The number of amides is 1. The molecule has 7 heteroatoms. The van der Waals surface area contributed by atoms with Gasteiger partial charge in [0.25, 0.3) is 5.91 Å². The number of carbonyl (C=O) groups is 1. The molecule has 0 unspecified atom stereocenters. The summed E-state index contributed by atoms with van der Waals surface area (Å²) < 4.78 is 13.3. The van der Waals surface area contributed by atoms with Crippen molar-refractivity contribution < 1.29 is 9.18 Å². The van der Waals surface area contributed by atoms with Crippen LogP contribution in [0.15, 0.2) is 53.5 Å². The van der Waals surface area contributed by atoms with Crippen LogP contribution in [0.25, 0.3) is 0 Å². The molecule has 2 aromatic carbocycles. The molecule has 0 aliphatic heterocycles. The van der Waals surface area contributed by atoms with E-state index in [4.69, 9.17) is 0 Å². The standard InChI is InChI=1S/C20H25FN4O.HI/c1-3-22-20(25-14-16-9-10-18(21)15(2)13-16)24-12-11-23-19(26)17-7-5-4-6-8-17;/h4-10,13H,3,11-12,14H2,1-2H3,(H,23,26)(H2,22,24,25);1H. The first-order valence-electron chi connectivity index (χ1n) is 8.70. The summed E-state index contributed by atoms with van der Waals surface area (Å²) in [4.78, 5) is 16.5. The fraction of sp³-hybridized carbons (Fsp3) is 0.300. The summed E-state index contributed by atoms with van der Waals surface area (Å²) >= 11 is 0. The van der Waals surface area contributed by atoms with Crippen LogP contribution in [0.3, 0.4) is 0 Å². The number of aliphatic imine (C=N–C) groups is 1.